The van der Waals surface area contributed by atoms with E-state index >= 15 is 0 Å². The minimum atomic E-state index is 0.357. The van der Waals surface area contributed by atoms with E-state index in [2.05, 4.69) is 10.1 Å². The number of nitrogens with zero attached hydrogens (tertiary/aromatic N) is 2. The van der Waals surface area contributed by atoms with Crippen LogP contribution in [-0.2, 0) is 0 Å². The number of rotatable bonds is 7. The van der Waals surface area contributed by atoms with E-state index in [1.54, 1.807) is 0 Å². The van der Waals surface area contributed by atoms with Crippen molar-refractivity contribution in [3.05, 3.63) is 0 Å². The Labute approximate surface area is 98.5 Å². The topological polar surface area (TPSA) is 61.8 Å². The number of hydrogen-bond donors (Lipinski definition) is 2. The molecule has 0 atom stereocenters. The molecular formula is C12H25N3O. The molecule has 0 saturated carbocycles. The number of nitrogens with two attached hydrogens (primary N) is 1. The molecule has 1 rings (SSSR count). The van der Waals surface area contributed by atoms with E-state index in [1.165, 1.54) is 58.2 Å². The maximum atomic E-state index is 8.36. The Morgan fingerprint density at radius 2 is 1.75 bits per heavy atom. The normalized spacial score (nSPS) is 18.9. The minimum Gasteiger partial charge on any atom is -0.409 e. The first-order chi connectivity index (χ1) is 7.83. The molecule has 0 aromatic heterocycles. The highest BCUT2D eigenvalue weighted by Crippen LogP contribution is 2.10. The summed E-state index contributed by atoms with van der Waals surface area (Å²) >= 11 is 0. The third-order valence-electron chi connectivity index (χ3n) is 3.23. The maximum absolute atomic E-state index is 8.36. The second kappa shape index (κ2) is 8.39. The SMILES string of the molecule is NC(CCCCCCN1CCCCC1)=NO. The predicted molar refractivity (Wildman–Crippen MR) is 66.8 cm³/mol. The first kappa shape index (κ1) is 13.3. The van der Waals surface area contributed by atoms with Gasteiger partial charge in [-0.25, -0.2) is 0 Å². The molecule has 1 heterocycles. The van der Waals surface area contributed by atoms with Gasteiger partial charge in [-0.1, -0.05) is 24.4 Å². The number of likely N-dealkylation sites (tertiary alicyclic amines) is 1. The molecule has 4 nitrogen and oxygen atoms in total. The lowest BCUT2D eigenvalue weighted by Crippen LogP contribution is -2.30. The molecule has 0 unspecified atom stereocenters. The maximum Gasteiger partial charge on any atom is 0.139 e. The summed E-state index contributed by atoms with van der Waals surface area (Å²) in [5.74, 6) is 0.357. The van der Waals surface area contributed by atoms with E-state index in [4.69, 9.17) is 10.9 Å². The average molecular weight is 227 g/mol. The van der Waals surface area contributed by atoms with Crippen LogP contribution in [0.3, 0.4) is 0 Å². The third-order valence-corrected chi connectivity index (χ3v) is 3.23. The van der Waals surface area contributed by atoms with Crippen LogP contribution in [0.2, 0.25) is 0 Å². The lowest BCUT2D eigenvalue weighted by molar-refractivity contribution is 0.224. The van der Waals surface area contributed by atoms with E-state index in [1.807, 2.05) is 0 Å². The van der Waals surface area contributed by atoms with Gasteiger partial charge in [0.2, 0.25) is 0 Å². The average Bonchev–Trinajstić information content (AvgIpc) is 2.34. The van der Waals surface area contributed by atoms with Crippen molar-refractivity contribution in [1.29, 1.82) is 0 Å². The Bertz CT molecular complexity index is 200. The van der Waals surface area contributed by atoms with Gasteiger partial charge in [-0.3, -0.25) is 0 Å². The Balaban J connectivity index is 1.87. The van der Waals surface area contributed by atoms with Crippen LogP contribution in [-0.4, -0.2) is 35.6 Å². The Morgan fingerprint density at radius 1 is 1.06 bits per heavy atom. The highest BCUT2D eigenvalue weighted by atomic mass is 16.4. The van der Waals surface area contributed by atoms with Crippen molar-refractivity contribution < 1.29 is 5.21 Å². The largest absolute Gasteiger partial charge is 0.409 e. The van der Waals surface area contributed by atoms with Gasteiger partial charge < -0.3 is 15.8 Å². The lowest BCUT2D eigenvalue weighted by atomic mass is 10.1. The zero-order chi connectivity index (χ0) is 11.6. The highest BCUT2D eigenvalue weighted by molar-refractivity contribution is 5.79. The van der Waals surface area contributed by atoms with Crippen molar-refractivity contribution in [3.63, 3.8) is 0 Å². The molecule has 1 fully saturated rings. The second-order valence-electron chi connectivity index (χ2n) is 4.66. The summed E-state index contributed by atoms with van der Waals surface area (Å²) in [4.78, 5) is 2.58. The monoisotopic (exact) mass is 227 g/mol. The lowest BCUT2D eigenvalue weighted by Gasteiger charge is -2.26. The summed E-state index contributed by atoms with van der Waals surface area (Å²) in [6.45, 7) is 3.85. The first-order valence-electron chi connectivity index (χ1n) is 6.51. The molecule has 1 aliphatic heterocycles. The van der Waals surface area contributed by atoms with Crippen molar-refractivity contribution in [2.45, 2.75) is 51.4 Å². The third kappa shape index (κ3) is 5.95. The van der Waals surface area contributed by atoms with Gasteiger partial charge in [0.1, 0.15) is 5.84 Å². The molecule has 1 aliphatic rings. The second-order valence-corrected chi connectivity index (χ2v) is 4.66. The molecule has 0 aliphatic carbocycles. The summed E-state index contributed by atoms with van der Waals surface area (Å²) in [7, 11) is 0. The molecule has 1 saturated heterocycles. The van der Waals surface area contributed by atoms with Crippen molar-refractivity contribution in [2.75, 3.05) is 19.6 Å². The van der Waals surface area contributed by atoms with E-state index in [0.29, 0.717) is 5.84 Å². The molecule has 0 spiro atoms. The fourth-order valence-electron chi connectivity index (χ4n) is 2.23. The number of hydrogen-bond acceptors (Lipinski definition) is 3. The van der Waals surface area contributed by atoms with E-state index in [9.17, 15) is 0 Å². The standard InChI is InChI=1S/C12H25N3O/c13-12(14-16)8-4-1-2-5-9-15-10-6-3-7-11-15/h16H,1-11H2,(H2,13,14). The van der Waals surface area contributed by atoms with Crippen molar-refractivity contribution in [3.8, 4) is 0 Å². The van der Waals surface area contributed by atoms with E-state index in [-0.39, 0.29) is 0 Å². The molecule has 4 heteroatoms. The summed E-state index contributed by atoms with van der Waals surface area (Å²) in [5, 5.41) is 11.3. The smallest absolute Gasteiger partial charge is 0.139 e. The van der Waals surface area contributed by atoms with Crippen LogP contribution in [0.5, 0.6) is 0 Å². The Kier molecular flexibility index (Phi) is 6.97. The van der Waals surface area contributed by atoms with Gasteiger partial charge in [0.05, 0.1) is 0 Å². The Morgan fingerprint density at radius 3 is 2.44 bits per heavy atom. The van der Waals surface area contributed by atoms with Crippen LogP contribution in [0.4, 0.5) is 0 Å². The van der Waals surface area contributed by atoms with Gasteiger partial charge in [-0.2, -0.15) is 0 Å². The predicted octanol–water partition coefficient (Wildman–Crippen LogP) is 2.17. The van der Waals surface area contributed by atoms with Crippen LogP contribution >= 0.6 is 0 Å². The number of unbranched alkanes of at least 4 members (excludes halogenated alkanes) is 3. The van der Waals surface area contributed by atoms with Gasteiger partial charge in [0.15, 0.2) is 0 Å². The summed E-state index contributed by atoms with van der Waals surface area (Å²) in [6.07, 6.45) is 9.66. The van der Waals surface area contributed by atoms with Gasteiger partial charge in [0, 0.05) is 6.42 Å². The fraction of sp³-hybridized carbons (Fsp3) is 0.917. The molecular weight excluding hydrogens is 202 g/mol. The summed E-state index contributed by atoms with van der Waals surface area (Å²) in [5.41, 5.74) is 5.40. The molecule has 0 radical (unpaired) electrons. The number of oxime groups is 1. The van der Waals surface area contributed by atoms with Gasteiger partial charge in [0.25, 0.3) is 0 Å². The van der Waals surface area contributed by atoms with Gasteiger partial charge in [-0.15, -0.1) is 0 Å². The molecule has 0 aromatic rings. The molecule has 3 N–H and O–H groups in total. The molecule has 94 valence electrons. The fourth-order valence-corrected chi connectivity index (χ4v) is 2.23. The van der Waals surface area contributed by atoms with Crippen molar-refractivity contribution in [1.82, 2.24) is 4.90 Å². The van der Waals surface area contributed by atoms with Crippen LogP contribution in [0.1, 0.15) is 51.4 Å². The zero-order valence-electron chi connectivity index (χ0n) is 10.2. The first-order valence-corrected chi connectivity index (χ1v) is 6.51. The number of amidine groups is 1. The van der Waals surface area contributed by atoms with Gasteiger partial charge >= 0.3 is 0 Å². The van der Waals surface area contributed by atoms with Crippen LogP contribution < -0.4 is 5.73 Å². The van der Waals surface area contributed by atoms with Crippen molar-refractivity contribution in [2.24, 2.45) is 10.9 Å². The van der Waals surface area contributed by atoms with Crippen LogP contribution in [0, 0.1) is 0 Å². The summed E-state index contributed by atoms with van der Waals surface area (Å²) in [6, 6.07) is 0. The molecule has 0 bridgehead atoms. The highest BCUT2D eigenvalue weighted by Gasteiger charge is 2.08. The van der Waals surface area contributed by atoms with E-state index in [0.717, 1.165) is 12.8 Å². The van der Waals surface area contributed by atoms with Gasteiger partial charge in [-0.05, 0) is 45.3 Å². The van der Waals surface area contributed by atoms with Crippen molar-refractivity contribution >= 4 is 5.84 Å². The quantitative estimate of drug-likeness (QED) is 0.230. The Hall–Kier alpha value is -0.770. The van der Waals surface area contributed by atoms with Crippen LogP contribution in [0.15, 0.2) is 5.16 Å². The number of piperidine rings is 1. The molecule has 16 heavy (non-hydrogen) atoms. The zero-order valence-corrected chi connectivity index (χ0v) is 10.2. The van der Waals surface area contributed by atoms with Crippen LogP contribution in [0.25, 0.3) is 0 Å². The molecule has 0 amide bonds. The molecule has 0 aromatic carbocycles. The van der Waals surface area contributed by atoms with E-state index < -0.39 is 0 Å². The summed E-state index contributed by atoms with van der Waals surface area (Å²) < 4.78 is 0. The minimum absolute atomic E-state index is 0.357.